The first-order chi connectivity index (χ1) is 16.1. The number of amides is 1. The molecule has 0 bridgehead atoms. The maximum Gasteiger partial charge on any atom is 0.233 e. The number of morpholine rings is 1. The third-order valence-corrected chi connectivity index (χ3v) is 7.21. The molecule has 1 saturated heterocycles. The summed E-state index contributed by atoms with van der Waals surface area (Å²) in [6.07, 6.45) is 1.12. The van der Waals surface area contributed by atoms with Crippen LogP contribution in [0.1, 0.15) is 12.0 Å². The van der Waals surface area contributed by atoms with Crippen molar-refractivity contribution in [2.75, 3.05) is 58.5 Å². The van der Waals surface area contributed by atoms with Crippen LogP contribution in [0, 0.1) is 0 Å². The van der Waals surface area contributed by atoms with E-state index in [1.165, 1.54) is 11.3 Å². The summed E-state index contributed by atoms with van der Waals surface area (Å²) < 4.78 is 16.9. The molecular weight excluding hydrogens is 497 g/mol. The van der Waals surface area contributed by atoms with E-state index in [0.29, 0.717) is 28.0 Å². The molecule has 4 rings (SSSR count). The Labute approximate surface area is 215 Å². The van der Waals surface area contributed by atoms with Gasteiger partial charge in [-0.2, -0.15) is 0 Å². The molecule has 1 amide bonds. The number of fused-ring (bicyclic) bond motifs is 1. The highest BCUT2D eigenvalue weighted by atomic mass is 35.5. The van der Waals surface area contributed by atoms with Crippen molar-refractivity contribution in [1.82, 2.24) is 9.88 Å². The fourth-order valence-corrected chi connectivity index (χ4v) is 5.14. The number of nitrogens with zero attached hydrogens (tertiary/aromatic N) is 3. The van der Waals surface area contributed by atoms with Crippen LogP contribution in [0.25, 0.3) is 10.2 Å². The van der Waals surface area contributed by atoms with E-state index in [0.717, 1.165) is 55.3 Å². The van der Waals surface area contributed by atoms with Crippen molar-refractivity contribution in [2.24, 2.45) is 0 Å². The number of rotatable bonds is 9. The summed E-state index contributed by atoms with van der Waals surface area (Å²) in [6, 6.07) is 11.2. The van der Waals surface area contributed by atoms with Crippen LogP contribution in [0.5, 0.6) is 11.5 Å². The van der Waals surface area contributed by atoms with Crippen molar-refractivity contribution < 1.29 is 19.0 Å². The van der Waals surface area contributed by atoms with E-state index in [1.54, 1.807) is 31.3 Å². The molecule has 0 aliphatic carbocycles. The molecule has 0 radical (unpaired) electrons. The standard InChI is InChI=1S/C24H28ClN3O4S.ClH/c1-30-18-6-4-17(5-7-18)16-21(29)28(11-3-10-27-12-14-32-15-13-27)24-26-22-20(31-2)9-8-19(25)23(22)33-24;/h4-9H,3,10-16H2,1-2H3;1H. The zero-order chi connectivity index (χ0) is 23.2. The van der Waals surface area contributed by atoms with Gasteiger partial charge in [-0.15, -0.1) is 12.4 Å². The predicted octanol–water partition coefficient (Wildman–Crippen LogP) is 4.69. The monoisotopic (exact) mass is 525 g/mol. The van der Waals surface area contributed by atoms with Gasteiger partial charge in [-0.05, 0) is 36.2 Å². The first kappa shape index (κ1) is 26.5. The second-order valence-electron chi connectivity index (χ2n) is 7.80. The van der Waals surface area contributed by atoms with Crippen LogP contribution in [0.2, 0.25) is 5.02 Å². The number of ether oxygens (including phenoxy) is 3. The third kappa shape index (κ3) is 6.31. The Bertz CT molecular complexity index is 1090. The van der Waals surface area contributed by atoms with Crippen LogP contribution < -0.4 is 14.4 Å². The summed E-state index contributed by atoms with van der Waals surface area (Å²) in [7, 11) is 3.24. The smallest absolute Gasteiger partial charge is 0.233 e. The van der Waals surface area contributed by atoms with E-state index in [1.807, 2.05) is 24.3 Å². The zero-order valence-electron chi connectivity index (χ0n) is 19.3. The molecule has 0 saturated carbocycles. The van der Waals surface area contributed by atoms with E-state index in [9.17, 15) is 4.79 Å². The third-order valence-electron chi connectivity index (χ3n) is 5.67. The molecule has 1 fully saturated rings. The van der Waals surface area contributed by atoms with Crippen LogP contribution >= 0.6 is 35.3 Å². The highest BCUT2D eigenvalue weighted by molar-refractivity contribution is 7.23. The van der Waals surface area contributed by atoms with E-state index >= 15 is 0 Å². The summed E-state index contributed by atoms with van der Waals surface area (Å²) in [5, 5.41) is 1.24. The molecule has 34 heavy (non-hydrogen) atoms. The molecule has 0 unspecified atom stereocenters. The number of carbonyl (C=O) groups is 1. The lowest BCUT2D eigenvalue weighted by molar-refractivity contribution is -0.118. The Hall–Kier alpha value is -2.10. The Morgan fingerprint density at radius 2 is 1.88 bits per heavy atom. The maximum atomic E-state index is 13.4. The fourth-order valence-electron chi connectivity index (χ4n) is 3.84. The maximum absolute atomic E-state index is 13.4. The lowest BCUT2D eigenvalue weighted by Gasteiger charge is -2.27. The number of anilines is 1. The molecule has 1 aromatic heterocycles. The van der Waals surface area contributed by atoms with Gasteiger partial charge >= 0.3 is 0 Å². The summed E-state index contributed by atoms with van der Waals surface area (Å²) in [5.74, 6) is 1.41. The minimum atomic E-state index is -0.00344. The van der Waals surface area contributed by atoms with Gasteiger partial charge in [0.25, 0.3) is 0 Å². The van der Waals surface area contributed by atoms with Gasteiger partial charge in [0.1, 0.15) is 17.0 Å². The van der Waals surface area contributed by atoms with Crippen LogP contribution in [0.3, 0.4) is 0 Å². The van der Waals surface area contributed by atoms with Crippen molar-refractivity contribution in [3.8, 4) is 11.5 Å². The van der Waals surface area contributed by atoms with Crippen LogP contribution in [-0.4, -0.2) is 69.4 Å². The first-order valence-electron chi connectivity index (χ1n) is 11.0. The lowest BCUT2D eigenvalue weighted by Crippen LogP contribution is -2.39. The van der Waals surface area contributed by atoms with Gasteiger partial charge in [0, 0.05) is 26.2 Å². The average molecular weight is 526 g/mol. The van der Waals surface area contributed by atoms with Gasteiger partial charge < -0.3 is 14.2 Å². The second-order valence-corrected chi connectivity index (χ2v) is 9.19. The summed E-state index contributed by atoms with van der Waals surface area (Å²) in [5.41, 5.74) is 1.61. The molecule has 1 aliphatic rings. The molecule has 0 N–H and O–H groups in total. The SMILES string of the molecule is COc1ccc(CC(=O)N(CCCN2CCOCC2)c2nc3c(OC)ccc(Cl)c3s2)cc1.Cl. The molecule has 0 atom stereocenters. The van der Waals surface area contributed by atoms with Gasteiger partial charge in [0.15, 0.2) is 5.13 Å². The van der Waals surface area contributed by atoms with Gasteiger partial charge in [-0.25, -0.2) is 4.98 Å². The number of carbonyl (C=O) groups excluding carboxylic acids is 1. The van der Waals surface area contributed by atoms with E-state index < -0.39 is 0 Å². The Morgan fingerprint density at radius 3 is 2.56 bits per heavy atom. The van der Waals surface area contributed by atoms with Crippen molar-refractivity contribution >= 4 is 56.6 Å². The fraction of sp³-hybridized carbons (Fsp3) is 0.417. The molecule has 1 aliphatic heterocycles. The lowest BCUT2D eigenvalue weighted by atomic mass is 10.1. The van der Waals surface area contributed by atoms with Gasteiger partial charge in [-0.1, -0.05) is 35.1 Å². The van der Waals surface area contributed by atoms with Crippen LogP contribution in [0.4, 0.5) is 5.13 Å². The number of halogens is 2. The molecule has 3 aromatic rings. The van der Waals surface area contributed by atoms with E-state index in [2.05, 4.69) is 4.90 Å². The Kier molecular flexibility index (Phi) is 9.79. The Balaban J connectivity index is 0.00000324. The van der Waals surface area contributed by atoms with Crippen molar-refractivity contribution in [3.05, 3.63) is 47.0 Å². The summed E-state index contributed by atoms with van der Waals surface area (Å²) in [6.45, 7) is 4.85. The largest absolute Gasteiger partial charge is 0.497 e. The number of aromatic nitrogens is 1. The van der Waals surface area contributed by atoms with E-state index in [-0.39, 0.29) is 24.7 Å². The normalized spacial score (nSPS) is 14.0. The van der Waals surface area contributed by atoms with Gasteiger partial charge in [-0.3, -0.25) is 14.6 Å². The number of benzene rings is 2. The van der Waals surface area contributed by atoms with Gasteiger partial charge in [0.05, 0.1) is 43.6 Å². The molecule has 0 spiro atoms. The second kappa shape index (κ2) is 12.6. The number of thiazole rings is 1. The highest BCUT2D eigenvalue weighted by Crippen LogP contribution is 2.39. The van der Waals surface area contributed by atoms with Crippen LogP contribution in [0.15, 0.2) is 36.4 Å². The first-order valence-corrected chi connectivity index (χ1v) is 12.1. The minimum absolute atomic E-state index is 0. The molecule has 184 valence electrons. The molecule has 2 aromatic carbocycles. The quantitative estimate of drug-likeness (QED) is 0.403. The molecule has 7 nitrogen and oxygen atoms in total. The van der Waals surface area contributed by atoms with Gasteiger partial charge in [0.2, 0.25) is 5.91 Å². The summed E-state index contributed by atoms with van der Waals surface area (Å²) in [4.78, 5) is 22.3. The molecule has 10 heteroatoms. The number of hydrogen-bond acceptors (Lipinski definition) is 7. The number of methoxy groups -OCH3 is 2. The summed E-state index contributed by atoms with van der Waals surface area (Å²) >= 11 is 7.85. The topological polar surface area (TPSA) is 64.1 Å². The van der Waals surface area contributed by atoms with Crippen molar-refractivity contribution in [3.63, 3.8) is 0 Å². The van der Waals surface area contributed by atoms with Crippen LogP contribution in [-0.2, 0) is 16.0 Å². The predicted molar refractivity (Wildman–Crippen MR) is 139 cm³/mol. The van der Waals surface area contributed by atoms with Crippen molar-refractivity contribution in [2.45, 2.75) is 12.8 Å². The van der Waals surface area contributed by atoms with Crippen molar-refractivity contribution in [1.29, 1.82) is 0 Å². The zero-order valence-corrected chi connectivity index (χ0v) is 21.7. The highest BCUT2D eigenvalue weighted by Gasteiger charge is 2.23. The molecule has 2 heterocycles. The Morgan fingerprint density at radius 1 is 1.15 bits per heavy atom. The number of hydrogen-bond donors (Lipinski definition) is 0. The molecular formula is C24H29Cl2N3O4S. The minimum Gasteiger partial charge on any atom is -0.497 e. The average Bonchev–Trinajstić information content (AvgIpc) is 3.29. The van der Waals surface area contributed by atoms with E-state index in [4.69, 9.17) is 30.8 Å².